The number of nitroso groups, excluding NO2 is 1. The topological polar surface area (TPSA) is 52.9 Å². The lowest BCUT2D eigenvalue weighted by atomic mass is 10.4. The van der Waals surface area contributed by atoms with Crippen molar-refractivity contribution in [2.45, 2.75) is 13.0 Å². The van der Waals surface area contributed by atoms with Gasteiger partial charge in [-0.1, -0.05) is 6.08 Å². The Balaban J connectivity index is 3.59. The second kappa shape index (κ2) is 4.93. The molecule has 0 heterocycles. The first-order valence-electron chi connectivity index (χ1n) is 3.08. The van der Waals surface area contributed by atoms with Gasteiger partial charge in [0, 0.05) is 0 Å². The molecule has 0 rings (SSSR count). The van der Waals surface area contributed by atoms with E-state index in [2.05, 4.69) is 11.9 Å². The van der Waals surface area contributed by atoms with Gasteiger partial charge in [0.2, 0.25) is 0 Å². The maximum absolute atomic E-state index is 9.95. The van der Waals surface area contributed by atoms with Crippen LogP contribution in [0.15, 0.2) is 17.9 Å². The van der Waals surface area contributed by atoms with Gasteiger partial charge in [-0.15, -0.1) is 11.5 Å². The van der Waals surface area contributed by atoms with E-state index in [1.807, 2.05) is 0 Å². The molecule has 58 valence electrons. The summed E-state index contributed by atoms with van der Waals surface area (Å²) in [6.45, 7) is 5.67. The molecule has 0 aliphatic carbocycles. The van der Waals surface area contributed by atoms with Gasteiger partial charge in [-0.25, -0.2) is 0 Å². The summed E-state index contributed by atoms with van der Waals surface area (Å²) >= 11 is 0. The van der Waals surface area contributed by atoms with Crippen LogP contribution in [-0.4, -0.2) is 29.3 Å². The van der Waals surface area contributed by atoms with Crippen molar-refractivity contribution < 1.29 is 5.11 Å². The van der Waals surface area contributed by atoms with Gasteiger partial charge in [-0.2, -0.15) is 0 Å². The number of nitrogens with zero attached hydrogens (tertiary/aromatic N) is 2. The van der Waals surface area contributed by atoms with Crippen LogP contribution in [0, 0.1) is 4.91 Å². The minimum Gasteiger partial charge on any atom is -0.392 e. The monoisotopic (exact) mass is 144 g/mol. The third-order valence-corrected chi connectivity index (χ3v) is 0.930. The molecule has 0 aliphatic rings. The van der Waals surface area contributed by atoms with Crippen molar-refractivity contribution in [2.75, 3.05) is 13.1 Å². The SMILES string of the molecule is C=CCN(CC(C)O)N=O. The molecular formula is C6H12N2O2. The van der Waals surface area contributed by atoms with E-state index in [0.717, 1.165) is 0 Å². The van der Waals surface area contributed by atoms with Crippen LogP contribution in [0.4, 0.5) is 0 Å². The molecule has 1 unspecified atom stereocenters. The molecule has 0 aromatic heterocycles. The molecule has 4 heteroatoms. The highest BCUT2D eigenvalue weighted by Crippen LogP contribution is 1.91. The van der Waals surface area contributed by atoms with Crippen molar-refractivity contribution in [3.63, 3.8) is 0 Å². The smallest absolute Gasteiger partial charge is 0.0705 e. The predicted molar refractivity (Wildman–Crippen MR) is 39.2 cm³/mol. The van der Waals surface area contributed by atoms with Gasteiger partial charge in [0.1, 0.15) is 0 Å². The maximum atomic E-state index is 9.95. The molecule has 0 fully saturated rings. The number of hydrogen-bond donors (Lipinski definition) is 1. The summed E-state index contributed by atoms with van der Waals surface area (Å²) in [5, 5.41) is 12.7. The lowest BCUT2D eigenvalue weighted by Gasteiger charge is -2.13. The summed E-state index contributed by atoms with van der Waals surface area (Å²) in [5.41, 5.74) is 0. The van der Waals surface area contributed by atoms with Crippen molar-refractivity contribution >= 4 is 0 Å². The van der Waals surface area contributed by atoms with Gasteiger partial charge in [0.15, 0.2) is 0 Å². The molecule has 0 aliphatic heterocycles. The summed E-state index contributed by atoms with van der Waals surface area (Å²) in [7, 11) is 0. The van der Waals surface area contributed by atoms with Crippen LogP contribution in [0.3, 0.4) is 0 Å². The minimum absolute atomic E-state index is 0.259. The first-order valence-corrected chi connectivity index (χ1v) is 3.08. The fourth-order valence-corrected chi connectivity index (χ4v) is 0.595. The van der Waals surface area contributed by atoms with E-state index >= 15 is 0 Å². The highest BCUT2D eigenvalue weighted by atomic mass is 16.3. The lowest BCUT2D eigenvalue weighted by Crippen LogP contribution is -2.25. The fraction of sp³-hybridized carbons (Fsp3) is 0.667. The Hall–Kier alpha value is -0.900. The van der Waals surface area contributed by atoms with Crippen LogP contribution >= 0.6 is 0 Å². The van der Waals surface area contributed by atoms with Crippen LogP contribution in [0.1, 0.15) is 6.92 Å². The second-order valence-electron chi connectivity index (χ2n) is 2.09. The molecule has 0 radical (unpaired) electrons. The van der Waals surface area contributed by atoms with Gasteiger partial charge in [0.25, 0.3) is 0 Å². The zero-order chi connectivity index (χ0) is 7.98. The number of hydrogen-bond acceptors (Lipinski definition) is 3. The highest BCUT2D eigenvalue weighted by molar-refractivity contribution is 4.71. The first kappa shape index (κ1) is 9.10. The quantitative estimate of drug-likeness (QED) is 0.348. The molecular weight excluding hydrogens is 132 g/mol. The van der Waals surface area contributed by atoms with Crippen molar-refractivity contribution in [1.29, 1.82) is 0 Å². The normalized spacial score (nSPS) is 12.2. The Morgan fingerprint density at radius 2 is 2.50 bits per heavy atom. The largest absolute Gasteiger partial charge is 0.392 e. The van der Waals surface area contributed by atoms with Crippen LogP contribution < -0.4 is 0 Å². The second-order valence-corrected chi connectivity index (χ2v) is 2.09. The van der Waals surface area contributed by atoms with E-state index in [-0.39, 0.29) is 6.54 Å². The number of rotatable bonds is 5. The van der Waals surface area contributed by atoms with Gasteiger partial charge in [-0.05, 0) is 6.92 Å². The molecule has 0 aromatic rings. The molecule has 1 N–H and O–H groups in total. The van der Waals surface area contributed by atoms with Gasteiger partial charge >= 0.3 is 0 Å². The first-order chi connectivity index (χ1) is 4.70. The summed E-state index contributed by atoms with van der Waals surface area (Å²) in [4.78, 5) is 9.95. The molecule has 10 heavy (non-hydrogen) atoms. The Bertz CT molecular complexity index is 114. The van der Waals surface area contributed by atoms with Gasteiger partial charge in [0.05, 0.1) is 24.5 Å². The summed E-state index contributed by atoms with van der Waals surface area (Å²) < 4.78 is 0. The zero-order valence-corrected chi connectivity index (χ0v) is 6.03. The molecule has 0 saturated heterocycles. The predicted octanol–water partition coefficient (Wildman–Crippen LogP) is 0.537. The molecule has 1 atom stereocenters. The highest BCUT2D eigenvalue weighted by Gasteiger charge is 2.03. The summed E-state index contributed by atoms with van der Waals surface area (Å²) in [6.07, 6.45) is 1.03. The summed E-state index contributed by atoms with van der Waals surface area (Å²) in [6, 6.07) is 0. The van der Waals surface area contributed by atoms with E-state index < -0.39 is 6.10 Å². The van der Waals surface area contributed by atoms with E-state index in [1.165, 1.54) is 5.01 Å². The van der Waals surface area contributed by atoms with Crippen molar-refractivity contribution in [3.05, 3.63) is 17.6 Å². The van der Waals surface area contributed by atoms with Gasteiger partial charge < -0.3 is 5.11 Å². The maximum Gasteiger partial charge on any atom is 0.0705 e. The molecule has 0 bridgehead atoms. The third kappa shape index (κ3) is 4.03. The average molecular weight is 144 g/mol. The van der Waals surface area contributed by atoms with Crippen molar-refractivity contribution in [3.8, 4) is 0 Å². The van der Waals surface area contributed by atoms with Crippen LogP contribution in [-0.2, 0) is 0 Å². The van der Waals surface area contributed by atoms with Gasteiger partial charge in [-0.3, -0.25) is 5.01 Å². The Kier molecular flexibility index (Phi) is 4.49. The average Bonchev–Trinajstić information content (AvgIpc) is 1.86. The minimum atomic E-state index is -0.530. The van der Waals surface area contributed by atoms with Crippen LogP contribution in [0.25, 0.3) is 0 Å². The lowest BCUT2D eigenvalue weighted by molar-refractivity contribution is 0.135. The third-order valence-electron chi connectivity index (χ3n) is 0.930. The molecule has 0 spiro atoms. The summed E-state index contributed by atoms with van der Waals surface area (Å²) in [5.74, 6) is 0. The molecule has 4 nitrogen and oxygen atoms in total. The van der Waals surface area contributed by atoms with E-state index in [9.17, 15) is 4.91 Å². The molecule has 0 aromatic carbocycles. The zero-order valence-electron chi connectivity index (χ0n) is 6.03. The molecule has 0 saturated carbocycles. The van der Waals surface area contributed by atoms with Crippen LogP contribution in [0.5, 0.6) is 0 Å². The number of aliphatic hydroxyl groups excluding tert-OH is 1. The Labute approximate surface area is 60.1 Å². The Morgan fingerprint density at radius 1 is 1.90 bits per heavy atom. The van der Waals surface area contributed by atoms with E-state index in [0.29, 0.717) is 6.54 Å². The Morgan fingerprint density at radius 3 is 2.80 bits per heavy atom. The van der Waals surface area contributed by atoms with E-state index in [1.54, 1.807) is 13.0 Å². The fourth-order valence-electron chi connectivity index (χ4n) is 0.595. The van der Waals surface area contributed by atoms with Crippen molar-refractivity contribution in [1.82, 2.24) is 5.01 Å². The van der Waals surface area contributed by atoms with Crippen molar-refractivity contribution in [2.24, 2.45) is 5.29 Å². The molecule has 0 amide bonds. The standard InChI is InChI=1S/C6H12N2O2/c1-3-4-8(7-10)5-6(2)9/h3,6,9H,1,4-5H2,2H3. The van der Waals surface area contributed by atoms with E-state index in [4.69, 9.17) is 5.11 Å². The number of aliphatic hydroxyl groups is 1. The van der Waals surface area contributed by atoms with Crippen LogP contribution in [0.2, 0.25) is 0 Å².